The smallest absolute Gasteiger partial charge is 0.0801 e. The van der Waals surface area contributed by atoms with E-state index in [1.54, 1.807) is 0 Å². The summed E-state index contributed by atoms with van der Waals surface area (Å²) in [7, 11) is 0. The summed E-state index contributed by atoms with van der Waals surface area (Å²) in [5, 5.41) is 3.08. The second kappa shape index (κ2) is 6.13. The lowest BCUT2D eigenvalue weighted by Crippen LogP contribution is -2.04. The molecule has 0 aromatic rings. The molecule has 58 valence electrons. The fraction of sp³-hybridized carbons (Fsp3) is 0.571. The molecule has 0 aromatic carbocycles. The molecule has 0 atom stereocenters. The number of rotatable bonds is 4. The lowest BCUT2D eigenvalue weighted by atomic mass is 10.3. The summed E-state index contributed by atoms with van der Waals surface area (Å²) in [5.41, 5.74) is 6.25. The Bertz CT molecular complexity index is 127. The van der Waals surface area contributed by atoms with Crippen molar-refractivity contribution in [3.8, 4) is 0 Å². The minimum Gasteiger partial charge on any atom is -0.391 e. The highest BCUT2D eigenvalue weighted by Gasteiger charge is 1.82. The third-order valence-corrected chi connectivity index (χ3v) is 0.999. The zero-order valence-corrected chi connectivity index (χ0v) is 6.59. The first-order valence-corrected chi connectivity index (χ1v) is 3.40. The molecular weight excluding hydrogens is 126 g/mol. The highest BCUT2D eigenvalue weighted by Crippen LogP contribution is 1.88. The predicted octanol–water partition coefficient (Wildman–Crippen LogP) is 0.487. The van der Waals surface area contributed by atoms with Gasteiger partial charge in [-0.25, -0.2) is 0 Å². The molecule has 3 heteroatoms. The van der Waals surface area contributed by atoms with Crippen molar-refractivity contribution in [3.05, 3.63) is 11.8 Å². The molecule has 0 heterocycles. The molecule has 0 bridgehead atoms. The van der Waals surface area contributed by atoms with Crippen LogP contribution in [0.5, 0.6) is 0 Å². The standard InChI is InChI=1S/C7H15N3/c1-3-9-4-7(2)5-10-6-8/h4,6,9H,3,5H2,1-2H3,(H2,8,10)/b7-4+. The van der Waals surface area contributed by atoms with Gasteiger partial charge in [-0.1, -0.05) is 0 Å². The van der Waals surface area contributed by atoms with Crippen molar-refractivity contribution in [2.75, 3.05) is 13.1 Å². The van der Waals surface area contributed by atoms with Gasteiger partial charge in [-0.3, -0.25) is 4.99 Å². The average Bonchev–Trinajstić information content (AvgIpc) is 1.97. The normalized spacial score (nSPS) is 12.4. The Labute approximate surface area is 62.0 Å². The van der Waals surface area contributed by atoms with E-state index in [4.69, 9.17) is 5.73 Å². The van der Waals surface area contributed by atoms with Crippen LogP contribution in [-0.4, -0.2) is 19.4 Å². The Morgan fingerprint density at radius 1 is 1.70 bits per heavy atom. The Balaban J connectivity index is 3.49. The second-order valence-electron chi connectivity index (χ2n) is 2.04. The third kappa shape index (κ3) is 5.15. The fourth-order valence-electron chi connectivity index (χ4n) is 0.519. The van der Waals surface area contributed by atoms with Crippen LogP contribution in [0.15, 0.2) is 16.8 Å². The highest BCUT2D eigenvalue weighted by atomic mass is 14.8. The minimum atomic E-state index is 0.684. The van der Waals surface area contributed by atoms with E-state index >= 15 is 0 Å². The van der Waals surface area contributed by atoms with E-state index in [1.165, 1.54) is 11.9 Å². The Hall–Kier alpha value is -0.990. The van der Waals surface area contributed by atoms with Gasteiger partial charge in [0, 0.05) is 6.54 Å². The predicted molar refractivity (Wildman–Crippen MR) is 45.0 cm³/mol. The second-order valence-corrected chi connectivity index (χ2v) is 2.04. The number of nitrogens with two attached hydrogens (primary N) is 1. The van der Waals surface area contributed by atoms with Crippen molar-refractivity contribution in [3.63, 3.8) is 0 Å². The van der Waals surface area contributed by atoms with E-state index in [9.17, 15) is 0 Å². The fourth-order valence-corrected chi connectivity index (χ4v) is 0.519. The molecule has 0 unspecified atom stereocenters. The monoisotopic (exact) mass is 141 g/mol. The van der Waals surface area contributed by atoms with E-state index < -0.39 is 0 Å². The summed E-state index contributed by atoms with van der Waals surface area (Å²) < 4.78 is 0. The molecular formula is C7H15N3. The third-order valence-electron chi connectivity index (χ3n) is 0.999. The molecule has 0 aliphatic carbocycles. The van der Waals surface area contributed by atoms with Gasteiger partial charge in [0.1, 0.15) is 0 Å². The lowest BCUT2D eigenvalue weighted by Gasteiger charge is -1.96. The lowest BCUT2D eigenvalue weighted by molar-refractivity contribution is 0.899. The van der Waals surface area contributed by atoms with Crippen molar-refractivity contribution in [1.82, 2.24) is 5.32 Å². The van der Waals surface area contributed by atoms with Crippen molar-refractivity contribution >= 4 is 6.34 Å². The minimum absolute atomic E-state index is 0.684. The summed E-state index contributed by atoms with van der Waals surface area (Å²) in [4.78, 5) is 3.87. The molecule has 0 radical (unpaired) electrons. The largest absolute Gasteiger partial charge is 0.391 e. The number of hydrogen-bond donors (Lipinski definition) is 2. The molecule has 0 saturated heterocycles. The molecule has 3 N–H and O–H groups in total. The van der Waals surface area contributed by atoms with Gasteiger partial charge in [0.2, 0.25) is 0 Å². The first-order valence-electron chi connectivity index (χ1n) is 3.40. The summed E-state index contributed by atoms with van der Waals surface area (Å²) in [5.74, 6) is 0. The zero-order valence-electron chi connectivity index (χ0n) is 6.59. The number of nitrogens with one attached hydrogen (secondary N) is 1. The van der Waals surface area contributed by atoms with Crippen LogP contribution in [0.2, 0.25) is 0 Å². The Morgan fingerprint density at radius 3 is 2.90 bits per heavy atom. The molecule has 0 aromatic heterocycles. The molecule has 0 aliphatic rings. The van der Waals surface area contributed by atoms with Crippen molar-refractivity contribution in [2.24, 2.45) is 10.7 Å². The number of nitrogens with zero attached hydrogens (tertiary/aromatic N) is 1. The van der Waals surface area contributed by atoms with Gasteiger partial charge < -0.3 is 11.1 Å². The molecule has 0 saturated carbocycles. The molecule has 10 heavy (non-hydrogen) atoms. The van der Waals surface area contributed by atoms with E-state index in [0.717, 1.165) is 6.54 Å². The summed E-state index contributed by atoms with van der Waals surface area (Å²) in [6.45, 7) is 5.69. The van der Waals surface area contributed by atoms with Crippen LogP contribution >= 0.6 is 0 Å². The van der Waals surface area contributed by atoms with Crippen molar-refractivity contribution < 1.29 is 0 Å². The highest BCUT2D eigenvalue weighted by molar-refractivity contribution is 5.51. The van der Waals surface area contributed by atoms with Crippen molar-refractivity contribution in [2.45, 2.75) is 13.8 Å². The summed E-state index contributed by atoms with van der Waals surface area (Å²) >= 11 is 0. The zero-order chi connectivity index (χ0) is 7.82. The van der Waals surface area contributed by atoms with Crippen LogP contribution in [0.25, 0.3) is 0 Å². The first kappa shape index (κ1) is 9.01. The molecule has 0 amide bonds. The first-order chi connectivity index (χ1) is 4.81. The van der Waals surface area contributed by atoms with Crippen LogP contribution < -0.4 is 11.1 Å². The molecule has 0 spiro atoms. The van der Waals surface area contributed by atoms with Gasteiger partial charge in [0.05, 0.1) is 12.9 Å². The van der Waals surface area contributed by atoms with Gasteiger partial charge in [0.25, 0.3) is 0 Å². The van der Waals surface area contributed by atoms with Crippen molar-refractivity contribution in [1.29, 1.82) is 0 Å². The SMILES string of the molecule is CCN/C=C(\C)CN=CN. The Kier molecular flexibility index (Phi) is 5.53. The van der Waals surface area contributed by atoms with Crippen LogP contribution in [0.4, 0.5) is 0 Å². The van der Waals surface area contributed by atoms with E-state index in [0.29, 0.717) is 6.54 Å². The van der Waals surface area contributed by atoms with Gasteiger partial charge in [-0.05, 0) is 25.6 Å². The summed E-state index contributed by atoms with van der Waals surface area (Å²) in [6.07, 6.45) is 3.27. The molecule has 0 aliphatic heterocycles. The van der Waals surface area contributed by atoms with Gasteiger partial charge >= 0.3 is 0 Å². The van der Waals surface area contributed by atoms with E-state index in [2.05, 4.69) is 17.2 Å². The van der Waals surface area contributed by atoms with Crippen LogP contribution in [0, 0.1) is 0 Å². The molecule has 0 fully saturated rings. The van der Waals surface area contributed by atoms with Crippen LogP contribution in [0.1, 0.15) is 13.8 Å². The average molecular weight is 141 g/mol. The van der Waals surface area contributed by atoms with Gasteiger partial charge in [-0.2, -0.15) is 0 Å². The topological polar surface area (TPSA) is 50.4 Å². The van der Waals surface area contributed by atoms with Gasteiger partial charge in [-0.15, -0.1) is 0 Å². The van der Waals surface area contributed by atoms with Gasteiger partial charge in [0.15, 0.2) is 0 Å². The van der Waals surface area contributed by atoms with Crippen LogP contribution in [0.3, 0.4) is 0 Å². The summed E-state index contributed by atoms with van der Waals surface area (Å²) in [6, 6.07) is 0. The maximum Gasteiger partial charge on any atom is 0.0801 e. The van der Waals surface area contributed by atoms with Crippen LogP contribution in [-0.2, 0) is 0 Å². The maximum absolute atomic E-state index is 5.07. The molecule has 0 rings (SSSR count). The quantitative estimate of drug-likeness (QED) is 0.442. The number of hydrogen-bond acceptors (Lipinski definition) is 2. The Morgan fingerprint density at radius 2 is 2.40 bits per heavy atom. The molecule has 3 nitrogen and oxygen atoms in total. The maximum atomic E-state index is 5.07. The van der Waals surface area contributed by atoms with E-state index in [1.807, 2.05) is 13.1 Å². The number of aliphatic imine (C=N–C) groups is 1. The van der Waals surface area contributed by atoms with E-state index in [-0.39, 0.29) is 0 Å².